The molecule has 0 aliphatic carbocycles. The lowest BCUT2D eigenvalue weighted by molar-refractivity contribution is -0.117. The second-order valence-corrected chi connectivity index (χ2v) is 5.82. The van der Waals surface area contributed by atoms with E-state index >= 15 is 0 Å². The minimum atomic E-state index is -0.0647. The molecule has 0 spiro atoms. The lowest BCUT2D eigenvalue weighted by Crippen LogP contribution is -2.35. The predicted molar refractivity (Wildman–Crippen MR) is 72.6 cm³/mol. The summed E-state index contributed by atoms with van der Waals surface area (Å²) in [6.45, 7) is 7.36. The highest BCUT2D eigenvalue weighted by Gasteiger charge is 2.22. The second kappa shape index (κ2) is 5.06. The molecule has 1 aliphatic rings. The van der Waals surface area contributed by atoms with Crippen LogP contribution in [0.25, 0.3) is 0 Å². The van der Waals surface area contributed by atoms with Gasteiger partial charge < -0.3 is 10.6 Å². The van der Waals surface area contributed by atoms with Crippen LogP contribution in [-0.4, -0.2) is 23.5 Å². The molecule has 1 amide bonds. The first kappa shape index (κ1) is 13.0. The number of anilines is 1. The Morgan fingerprint density at radius 1 is 1.50 bits per heavy atom. The molecule has 1 aliphatic heterocycles. The normalized spacial score (nSPS) is 19.8. The summed E-state index contributed by atoms with van der Waals surface area (Å²) in [7, 11) is 0. The van der Waals surface area contributed by atoms with Crippen molar-refractivity contribution < 1.29 is 4.79 Å². The molecule has 0 aromatic carbocycles. The minimum absolute atomic E-state index is 0.0195. The maximum Gasteiger partial charge on any atom is 0.242 e. The van der Waals surface area contributed by atoms with Crippen LogP contribution in [0.1, 0.15) is 39.2 Å². The SMILES string of the molecule is CC(C)(C)c1ccnc(NC(=O)[C@@H]2CCCN2)c1. The molecule has 1 saturated heterocycles. The Bertz CT molecular complexity index is 431. The third-order valence-electron chi connectivity index (χ3n) is 3.25. The molecular weight excluding hydrogens is 226 g/mol. The molecule has 0 radical (unpaired) electrons. The van der Waals surface area contributed by atoms with Crippen LogP contribution in [0.5, 0.6) is 0 Å². The van der Waals surface area contributed by atoms with Gasteiger partial charge in [0.25, 0.3) is 0 Å². The monoisotopic (exact) mass is 247 g/mol. The van der Waals surface area contributed by atoms with Crippen molar-refractivity contribution in [3.05, 3.63) is 23.9 Å². The van der Waals surface area contributed by atoms with E-state index in [2.05, 4.69) is 36.4 Å². The summed E-state index contributed by atoms with van der Waals surface area (Å²) in [4.78, 5) is 16.2. The number of hydrogen-bond acceptors (Lipinski definition) is 3. The van der Waals surface area contributed by atoms with E-state index in [0.717, 1.165) is 19.4 Å². The molecule has 0 unspecified atom stereocenters. The van der Waals surface area contributed by atoms with Gasteiger partial charge in [-0.25, -0.2) is 4.98 Å². The molecule has 0 bridgehead atoms. The van der Waals surface area contributed by atoms with Crippen molar-refractivity contribution in [2.24, 2.45) is 0 Å². The summed E-state index contributed by atoms with van der Waals surface area (Å²) in [5.41, 5.74) is 1.24. The van der Waals surface area contributed by atoms with Crippen molar-refractivity contribution in [1.29, 1.82) is 0 Å². The molecule has 4 nitrogen and oxygen atoms in total. The lowest BCUT2D eigenvalue weighted by Gasteiger charge is -2.19. The molecule has 1 atom stereocenters. The van der Waals surface area contributed by atoms with Gasteiger partial charge in [0.1, 0.15) is 5.82 Å². The van der Waals surface area contributed by atoms with Crippen molar-refractivity contribution in [3.8, 4) is 0 Å². The Balaban J connectivity index is 2.07. The van der Waals surface area contributed by atoms with Gasteiger partial charge in [0.15, 0.2) is 0 Å². The highest BCUT2D eigenvalue weighted by molar-refractivity contribution is 5.94. The summed E-state index contributed by atoms with van der Waals surface area (Å²) in [5, 5.41) is 6.07. The number of pyridine rings is 1. The fraction of sp³-hybridized carbons (Fsp3) is 0.571. The number of aromatic nitrogens is 1. The number of rotatable bonds is 2. The summed E-state index contributed by atoms with van der Waals surface area (Å²) in [5.74, 6) is 0.659. The Hall–Kier alpha value is -1.42. The number of amides is 1. The maximum absolute atomic E-state index is 12.0. The molecule has 0 saturated carbocycles. The van der Waals surface area contributed by atoms with Crippen LogP contribution in [0, 0.1) is 0 Å². The average Bonchev–Trinajstić information content (AvgIpc) is 2.81. The van der Waals surface area contributed by atoms with Crippen molar-refractivity contribution in [3.63, 3.8) is 0 Å². The minimum Gasteiger partial charge on any atom is -0.309 e. The molecule has 2 N–H and O–H groups in total. The Labute approximate surface area is 108 Å². The lowest BCUT2D eigenvalue weighted by atomic mass is 9.88. The van der Waals surface area contributed by atoms with Crippen molar-refractivity contribution in [2.45, 2.75) is 45.1 Å². The zero-order chi connectivity index (χ0) is 13.2. The summed E-state index contributed by atoms with van der Waals surface area (Å²) < 4.78 is 0. The zero-order valence-corrected chi connectivity index (χ0v) is 11.3. The first-order chi connectivity index (χ1) is 8.47. The van der Waals surface area contributed by atoms with E-state index < -0.39 is 0 Å². The van der Waals surface area contributed by atoms with Gasteiger partial charge in [-0.1, -0.05) is 20.8 Å². The van der Waals surface area contributed by atoms with E-state index in [4.69, 9.17) is 0 Å². The van der Waals surface area contributed by atoms with Crippen LogP contribution in [0.2, 0.25) is 0 Å². The molecule has 98 valence electrons. The zero-order valence-electron chi connectivity index (χ0n) is 11.3. The highest BCUT2D eigenvalue weighted by Crippen LogP contribution is 2.23. The predicted octanol–water partition coefficient (Wildman–Crippen LogP) is 2.07. The smallest absolute Gasteiger partial charge is 0.242 e. The Morgan fingerprint density at radius 2 is 2.28 bits per heavy atom. The third-order valence-corrected chi connectivity index (χ3v) is 3.25. The van der Waals surface area contributed by atoms with Crippen LogP contribution >= 0.6 is 0 Å². The summed E-state index contributed by atoms with van der Waals surface area (Å²) in [6, 6.07) is 3.88. The Morgan fingerprint density at radius 3 is 2.89 bits per heavy atom. The largest absolute Gasteiger partial charge is 0.309 e. The number of hydrogen-bond donors (Lipinski definition) is 2. The third kappa shape index (κ3) is 3.07. The van der Waals surface area contributed by atoms with E-state index in [1.807, 2.05) is 12.1 Å². The van der Waals surface area contributed by atoms with E-state index in [0.29, 0.717) is 5.82 Å². The van der Waals surface area contributed by atoms with Gasteiger partial charge >= 0.3 is 0 Å². The van der Waals surface area contributed by atoms with E-state index in [9.17, 15) is 4.79 Å². The van der Waals surface area contributed by atoms with Crippen molar-refractivity contribution >= 4 is 11.7 Å². The van der Waals surface area contributed by atoms with Gasteiger partial charge in [0.2, 0.25) is 5.91 Å². The number of nitrogens with one attached hydrogen (secondary N) is 2. The maximum atomic E-state index is 12.0. The van der Waals surface area contributed by atoms with Crippen LogP contribution < -0.4 is 10.6 Å². The molecular formula is C14H21N3O. The van der Waals surface area contributed by atoms with Crippen molar-refractivity contribution in [2.75, 3.05) is 11.9 Å². The van der Waals surface area contributed by atoms with Gasteiger partial charge in [-0.3, -0.25) is 4.79 Å². The van der Waals surface area contributed by atoms with Crippen LogP contribution in [0.15, 0.2) is 18.3 Å². The summed E-state index contributed by atoms with van der Waals surface area (Å²) >= 11 is 0. The van der Waals surface area contributed by atoms with Crippen molar-refractivity contribution in [1.82, 2.24) is 10.3 Å². The van der Waals surface area contributed by atoms with Crippen LogP contribution in [0.4, 0.5) is 5.82 Å². The molecule has 1 aromatic heterocycles. The van der Waals surface area contributed by atoms with E-state index in [1.165, 1.54) is 5.56 Å². The Kier molecular flexibility index (Phi) is 3.66. The first-order valence-corrected chi connectivity index (χ1v) is 6.47. The fourth-order valence-corrected chi connectivity index (χ4v) is 2.09. The number of carbonyl (C=O) groups is 1. The summed E-state index contributed by atoms with van der Waals surface area (Å²) in [6.07, 6.45) is 3.72. The van der Waals surface area contributed by atoms with E-state index in [-0.39, 0.29) is 17.4 Å². The molecule has 18 heavy (non-hydrogen) atoms. The van der Waals surface area contributed by atoms with Gasteiger partial charge in [0, 0.05) is 6.20 Å². The van der Waals surface area contributed by atoms with Gasteiger partial charge in [0.05, 0.1) is 6.04 Å². The molecule has 1 aromatic rings. The van der Waals surface area contributed by atoms with Crippen LogP contribution in [0.3, 0.4) is 0 Å². The van der Waals surface area contributed by atoms with Crippen LogP contribution in [-0.2, 0) is 10.2 Å². The van der Waals surface area contributed by atoms with Gasteiger partial charge in [-0.15, -0.1) is 0 Å². The second-order valence-electron chi connectivity index (χ2n) is 5.82. The number of carbonyl (C=O) groups excluding carboxylic acids is 1. The topological polar surface area (TPSA) is 54.0 Å². The quantitative estimate of drug-likeness (QED) is 0.841. The standard InChI is InChI=1S/C14H21N3O/c1-14(2,3)10-6-8-16-12(9-10)17-13(18)11-5-4-7-15-11/h6,8-9,11,15H,4-5,7H2,1-3H3,(H,16,17,18)/t11-/m0/s1. The van der Waals surface area contributed by atoms with Gasteiger partial charge in [-0.05, 0) is 42.5 Å². The van der Waals surface area contributed by atoms with E-state index in [1.54, 1.807) is 6.20 Å². The molecule has 1 fully saturated rings. The molecule has 4 heteroatoms. The van der Waals surface area contributed by atoms with Gasteiger partial charge in [-0.2, -0.15) is 0 Å². The highest BCUT2D eigenvalue weighted by atomic mass is 16.2. The molecule has 2 rings (SSSR count). The molecule has 2 heterocycles. The first-order valence-electron chi connectivity index (χ1n) is 6.47. The fourth-order valence-electron chi connectivity index (χ4n) is 2.09. The number of nitrogens with zero attached hydrogens (tertiary/aromatic N) is 1. The average molecular weight is 247 g/mol.